The summed E-state index contributed by atoms with van der Waals surface area (Å²) < 4.78 is 66.2. The van der Waals surface area contributed by atoms with Gasteiger partial charge in [-0.05, 0) is 76.7 Å². The van der Waals surface area contributed by atoms with E-state index in [-0.39, 0.29) is 57.4 Å². The lowest BCUT2D eigenvalue weighted by Crippen LogP contribution is -2.54. The smallest absolute Gasteiger partial charge is 0.418 e. The van der Waals surface area contributed by atoms with Crippen molar-refractivity contribution in [3.63, 3.8) is 0 Å². The first-order valence-electron chi connectivity index (χ1n) is 16.4. The zero-order chi connectivity index (χ0) is 33.2. The van der Waals surface area contributed by atoms with Gasteiger partial charge in [0.25, 0.3) is 0 Å². The number of nitrogens with two attached hydrogens (primary N) is 1. The minimum Gasteiger partial charge on any atom is -0.463 e. The quantitative estimate of drug-likeness (QED) is 0.306. The lowest BCUT2D eigenvalue weighted by molar-refractivity contribution is -0.137. The number of nitrogen functional groups attached to an aromatic ring is 1. The number of aromatic nitrogens is 3. The van der Waals surface area contributed by atoms with Crippen LogP contribution in [-0.4, -0.2) is 94.4 Å². The molecule has 0 amide bonds. The van der Waals surface area contributed by atoms with Crippen LogP contribution in [0.15, 0.2) is 12.1 Å². The van der Waals surface area contributed by atoms with E-state index < -0.39 is 28.8 Å². The van der Waals surface area contributed by atoms with Crippen molar-refractivity contribution < 1.29 is 27.4 Å². The fourth-order valence-corrected chi connectivity index (χ4v) is 9.23. The summed E-state index contributed by atoms with van der Waals surface area (Å²) in [6.45, 7) is 4.42. The summed E-state index contributed by atoms with van der Waals surface area (Å²) >= 11 is 6.66. The topological polar surface area (TPSA) is 104 Å². The molecule has 1 saturated carbocycles. The van der Waals surface area contributed by atoms with E-state index in [1.54, 1.807) is 0 Å². The highest BCUT2D eigenvalue weighted by atomic mass is 35.5. The average molecular weight is 678 g/mol. The minimum absolute atomic E-state index is 0.0224. The third kappa shape index (κ3) is 5.66. The molecule has 0 radical (unpaired) electrons. The maximum Gasteiger partial charge on any atom is 0.418 e. The molecular weight excluding hydrogens is 638 g/mol. The van der Waals surface area contributed by atoms with E-state index in [1.807, 2.05) is 0 Å². The van der Waals surface area contributed by atoms with Crippen molar-refractivity contribution in [1.82, 2.24) is 24.8 Å². The van der Waals surface area contributed by atoms with Gasteiger partial charge in [-0.1, -0.05) is 18.0 Å². The van der Waals surface area contributed by atoms with Crippen LogP contribution in [0.3, 0.4) is 0 Å². The Bertz CT molecular complexity index is 1680. The predicted molar refractivity (Wildman–Crippen MR) is 172 cm³/mol. The van der Waals surface area contributed by atoms with E-state index in [1.165, 1.54) is 13.0 Å². The van der Waals surface area contributed by atoms with Crippen LogP contribution in [0.5, 0.6) is 6.01 Å². The third-order valence-electron chi connectivity index (χ3n) is 11.0. The SMILES string of the molecule is Cc1cc(N)nc(-c2c(Cl)cc3c(N4CC5CCC(C4)N5CCO)nc(OCC45CCCC4N(C)CCC5)nc3c2F)c1C(F)(F)F. The van der Waals surface area contributed by atoms with Crippen LogP contribution in [0.25, 0.3) is 22.2 Å². The molecule has 4 atom stereocenters. The Morgan fingerprint density at radius 2 is 1.81 bits per heavy atom. The number of aryl methyl sites for hydroxylation is 1. The molecule has 4 aliphatic rings. The van der Waals surface area contributed by atoms with Gasteiger partial charge in [0.2, 0.25) is 0 Å². The Morgan fingerprint density at radius 1 is 1.09 bits per heavy atom. The van der Waals surface area contributed by atoms with Crippen molar-refractivity contribution >= 4 is 34.1 Å². The number of pyridine rings is 1. The van der Waals surface area contributed by atoms with Gasteiger partial charge in [0, 0.05) is 48.6 Å². The van der Waals surface area contributed by atoms with Crippen molar-refractivity contribution in [1.29, 1.82) is 0 Å². The number of ether oxygens (including phenoxy) is 1. The zero-order valence-corrected chi connectivity index (χ0v) is 27.3. The van der Waals surface area contributed by atoms with E-state index in [0.29, 0.717) is 38.1 Å². The van der Waals surface area contributed by atoms with Crippen LogP contribution in [-0.2, 0) is 6.18 Å². The number of hydrogen-bond acceptors (Lipinski definition) is 9. The van der Waals surface area contributed by atoms with E-state index >= 15 is 4.39 Å². The molecule has 47 heavy (non-hydrogen) atoms. The van der Waals surface area contributed by atoms with Crippen molar-refractivity contribution in [2.24, 2.45) is 5.41 Å². The highest BCUT2D eigenvalue weighted by molar-refractivity contribution is 6.34. The van der Waals surface area contributed by atoms with Crippen molar-refractivity contribution in [2.75, 3.05) is 57.1 Å². The lowest BCUT2D eigenvalue weighted by Gasteiger charge is -2.44. The summed E-state index contributed by atoms with van der Waals surface area (Å²) in [6, 6.07) is 3.21. The Morgan fingerprint density at radius 3 is 2.51 bits per heavy atom. The summed E-state index contributed by atoms with van der Waals surface area (Å²) in [7, 11) is 2.14. The highest BCUT2D eigenvalue weighted by Crippen LogP contribution is 2.48. The molecule has 4 fully saturated rings. The summed E-state index contributed by atoms with van der Waals surface area (Å²) in [4.78, 5) is 20.1. The normalized spacial score (nSPS) is 26.7. The van der Waals surface area contributed by atoms with Crippen LogP contribution >= 0.6 is 11.6 Å². The van der Waals surface area contributed by atoms with Gasteiger partial charge in [-0.15, -0.1) is 0 Å². The number of piperidine rings is 1. The predicted octanol–water partition coefficient (Wildman–Crippen LogP) is 5.68. The fourth-order valence-electron chi connectivity index (χ4n) is 8.95. The number of hydrogen-bond donors (Lipinski definition) is 2. The molecule has 3 saturated heterocycles. The number of fused-ring (bicyclic) bond motifs is 4. The molecule has 9 nitrogen and oxygen atoms in total. The van der Waals surface area contributed by atoms with Crippen molar-refractivity contribution in [2.45, 2.75) is 76.2 Å². The molecule has 1 aliphatic carbocycles. The number of alkyl halides is 3. The molecule has 1 aromatic carbocycles. The molecule has 3 aromatic rings. The molecule has 2 bridgehead atoms. The number of likely N-dealkylation sites (tertiary alicyclic amines) is 1. The van der Waals surface area contributed by atoms with Gasteiger partial charge < -0.3 is 25.4 Å². The molecule has 3 N–H and O–H groups in total. The van der Waals surface area contributed by atoms with Crippen LogP contribution in [0.2, 0.25) is 5.02 Å². The van der Waals surface area contributed by atoms with E-state index in [0.717, 1.165) is 57.6 Å². The van der Waals surface area contributed by atoms with E-state index in [9.17, 15) is 18.3 Å². The third-order valence-corrected chi connectivity index (χ3v) is 11.3. The van der Waals surface area contributed by atoms with Gasteiger partial charge in [0.1, 0.15) is 17.2 Å². The van der Waals surface area contributed by atoms with Gasteiger partial charge in [-0.2, -0.15) is 23.1 Å². The summed E-state index contributed by atoms with van der Waals surface area (Å²) in [5.41, 5.74) is 3.10. The second kappa shape index (κ2) is 12.2. The maximum atomic E-state index is 16.8. The Labute approximate surface area is 276 Å². The number of halogens is 5. The second-order valence-corrected chi connectivity index (χ2v) is 14.2. The first-order valence-corrected chi connectivity index (χ1v) is 16.8. The number of piperazine rings is 1. The molecule has 14 heteroatoms. The molecule has 5 heterocycles. The first-order chi connectivity index (χ1) is 22.4. The number of nitrogens with zero attached hydrogens (tertiary/aromatic N) is 6. The largest absolute Gasteiger partial charge is 0.463 e. The monoisotopic (exact) mass is 677 g/mol. The standard InChI is InChI=1S/C33H40ClF4N7O2/c1-18-13-24(39)40-29(26(18)33(36,37)38)25-22(34)14-21-28(27(25)35)41-31(47-17-32-8-3-5-23(32)43(2)10-4-9-32)42-30(21)44-15-19-6-7-20(16-44)45(19)11-12-46/h13-14,19-20,23,46H,3-12,15-17H2,1-2H3,(H2,39,40). The average Bonchev–Trinajstić information content (AvgIpc) is 3.53. The van der Waals surface area contributed by atoms with Gasteiger partial charge >= 0.3 is 12.2 Å². The van der Waals surface area contributed by atoms with Crippen molar-refractivity contribution in [3.05, 3.63) is 34.1 Å². The first kappa shape index (κ1) is 32.5. The molecule has 0 spiro atoms. The number of aliphatic hydroxyl groups is 1. The summed E-state index contributed by atoms with van der Waals surface area (Å²) in [5.74, 6) is -0.806. The molecule has 4 unspecified atom stereocenters. The van der Waals surface area contributed by atoms with Crippen LogP contribution in [0, 0.1) is 18.2 Å². The van der Waals surface area contributed by atoms with Crippen LogP contribution in [0.1, 0.15) is 56.1 Å². The van der Waals surface area contributed by atoms with Gasteiger partial charge in [-0.25, -0.2) is 9.37 Å². The minimum atomic E-state index is -4.84. The van der Waals surface area contributed by atoms with Crippen LogP contribution < -0.4 is 15.4 Å². The Kier molecular flexibility index (Phi) is 8.42. The van der Waals surface area contributed by atoms with Gasteiger partial charge in [0.15, 0.2) is 5.82 Å². The molecule has 3 aliphatic heterocycles. The maximum absolute atomic E-state index is 16.8. The van der Waals surface area contributed by atoms with Crippen molar-refractivity contribution in [3.8, 4) is 17.3 Å². The number of aliphatic hydroxyl groups excluding tert-OH is 1. The lowest BCUT2D eigenvalue weighted by atomic mass is 9.76. The van der Waals surface area contributed by atoms with E-state index in [4.69, 9.17) is 27.1 Å². The molecule has 254 valence electrons. The van der Waals surface area contributed by atoms with Gasteiger partial charge in [-0.3, -0.25) is 4.90 Å². The highest BCUT2D eigenvalue weighted by Gasteiger charge is 2.48. The zero-order valence-electron chi connectivity index (χ0n) is 26.6. The Hall–Kier alpha value is -3.00. The Balaban J connectivity index is 1.36. The molecular formula is C33H40ClF4N7O2. The second-order valence-electron chi connectivity index (χ2n) is 13.8. The van der Waals surface area contributed by atoms with E-state index in [2.05, 4.69) is 31.7 Å². The summed E-state index contributed by atoms with van der Waals surface area (Å²) in [6.07, 6.45) is 2.29. The number of anilines is 2. The summed E-state index contributed by atoms with van der Waals surface area (Å²) in [5, 5.41) is 9.67. The molecule has 7 rings (SSSR count). The fraction of sp³-hybridized carbons (Fsp3) is 0.606. The molecule has 2 aromatic heterocycles. The number of rotatable bonds is 7. The number of benzene rings is 1. The van der Waals surface area contributed by atoms with Gasteiger partial charge in [0.05, 0.1) is 35.1 Å². The van der Waals surface area contributed by atoms with Crippen LogP contribution in [0.4, 0.5) is 29.2 Å².